The zero-order chi connectivity index (χ0) is 14.6. The number of hydrogen-bond donors (Lipinski definition) is 2. The number of nitrogens with one attached hydrogen (secondary N) is 1. The average Bonchev–Trinajstić information content (AvgIpc) is 2.29. The van der Waals surface area contributed by atoms with Gasteiger partial charge in [-0.25, -0.2) is 4.39 Å². The number of rotatable bonds is 5. The summed E-state index contributed by atoms with van der Waals surface area (Å²) in [6, 6.07) is 1.62. The van der Waals surface area contributed by atoms with Crippen LogP contribution in [0.4, 0.5) is 17.6 Å². The van der Waals surface area contributed by atoms with Crippen LogP contribution in [-0.2, 0) is 6.18 Å². The number of halogens is 4. The normalized spacial score (nSPS) is 13.9. The van der Waals surface area contributed by atoms with Gasteiger partial charge >= 0.3 is 6.18 Å². The fourth-order valence-electron chi connectivity index (χ4n) is 1.73. The lowest BCUT2D eigenvalue weighted by atomic mass is 9.99. The lowest BCUT2D eigenvalue weighted by molar-refractivity contribution is -0.138. The van der Waals surface area contributed by atoms with Crippen LogP contribution in [0.2, 0.25) is 0 Å². The van der Waals surface area contributed by atoms with Crippen molar-refractivity contribution in [3.8, 4) is 0 Å². The van der Waals surface area contributed by atoms with Crippen LogP contribution in [0.25, 0.3) is 0 Å². The average molecular weight is 279 g/mol. The maximum Gasteiger partial charge on any atom is 0.416 e. The van der Waals surface area contributed by atoms with E-state index in [9.17, 15) is 22.7 Å². The van der Waals surface area contributed by atoms with E-state index in [1.165, 1.54) is 0 Å². The number of aliphatic hydroxyl groups excluding tert-OH is 1. The van der Waals surface area contributed by atoms with Crippen molar-refractivity contribution in [1.29, 1.82) is 0 Å². The summed E-state index contributed by atoms with van der Waals surface area (Å²) in [6.07, 6.45) is -4.65. The Bertz CT molecular complexity index is 418. The molecule has 0 radical (unpaired) electrons. The Hall–Kier alpha value is -1.14. The summed E-state index contributed by atoms with van der Waals surface area (Å²) in [4.78, 5) is 0. The van der Waals surface area contributed by atoms with Gasteiger partial charge in [-0.2, -0.15) is 13.2 Å². The van der Waals surface area contributed by atoms with Crippen molar-refractivity contribution >= 4 is 0 Å². The highest BCUT2D eigenvalue weighted by Gasteiger charge is 2.35. The van der Waals surface area contributed by atoms with Crippen LogP contribution in [0.1, 0.15) is 31.0 Å². The molecule has 1 rings (SSSR count). The van der Waals surface area contributed by atoms with Crippen molar-refractivity contribution in [2.75, 3.05) is 13.2 Å². The predicted molar refractivity (Wildman–Crippen MR) is 64.1 cm³/mol. The SMILES string of the molecule is CC(C)CNC(CO)c1ccc(F)cc1C(F)(F)F. The van der Waals surface area contributed by atoms with E-state index in [2.05, 4.69) is 5.32 Å². The first-order valence-corrected chi connectivity index (χ1v) is 5.96. The van der Waals surface area contributed by atoms with Gasteiger partial charge in [0.05, 0.1) is 18.2 Å². The molecular weight excluding hydrogens is 262 g/mol. The van der Waals surface area contributed by atoms with Crippen LogP contribution in [0.5, 0.6) is 0 Å². The Morgan fingerprint density at radius 1 is 1.26 bits per heavy atom. The van der Waals surface area contributed by atoms with E-state index in [0.717, 1.165) is 12.1 Å². The lowest BCUT2D eigenvalue weighted by Gasteiger charge is -2.22. The fraction of sp³-hybridized carbons (Fsp3) is 0.538. The van der Waals surface area contributed by atoms with E-state index in [4.69, 9.17) is 0 Å². The highest BCUT2D eigenvalue weighted by Crippen LogP contribution is 2.35. The minimum absolute atomic E-state index is 0.142. The summed E-state index contributed by atoms with van der Waals surface area (Å²) in [6.45, 7) is 3.77. The van der Waals surface area contributed by atoms with Gasteiger partial charge in [-0.15, -0.1) is 0 Å². The molecule has 1 aromatic rings. The first kappa shape index (κ1) is 15.9. The molecule has 0 heterocycles. The molecule has 0 saturated heterocycles. The van der Waals surface area contributed by atoms with E-state index in [0.29, 0.717) is 12.6 Å². The summed E-state index contributed by atoms with van der Waals surface area (Å²) < 4.78 is 51.5. The molecule has 0 fully saturated rings. The van der Waals surface area contributed by atoms with Crippen molar-refractivity contribution in [1.82, 2.24) is 5.32 Å². The van der Waals surface area contributed by atoms with Crippen LogP contribution in [0, 0.1) is 11.7 Å². The summed E-state index contributed by atoms with van der Waals surface area (Å²) in [5, 5.41) is 12.1. The van der Waals surface area contributed by atoms with Gasteiger partial charge < -0.3 is 10.4 Å². The maximum absolute atomic E-state index is 13.0. The molecule has 0 aromatic heterocycles. The predicted octanol–water partition coefficient (Wildman–Crippen LogP) is 3.12. The monoisotopic (exact) mass is 279 g/mol. The van der Waals surface area contributed by atoms with E-state index >= 15 is 0 Å². The van der Waals surface area contributed by atoms with Gasteiger partial charge in [-0.3, -0.25) is 0 Å². The minimum Gasteiger partial charge on any atom is -0.394 e. The quantitative estimate of drug-likeness (QED) is 0.812. The Balaban J connectivity index is 3.09. The molecule has 0 bridgehead atoms. The molecule has 2 nitrogen and oxygen atoms in total. The third kappa shape index (κ3) is 4.47. The van der Waals surface area contributed by atoms with Gasteiger partial charge in [0.2, 0.25) is 0 Å². The third-order valence-corrected chi connectivity index (χ3v) is 2.65. The summed E-state index contributed by atoms with van der Waals surface area (Å²) >= 11 is 0. The van der Waals surface area contributed by atoms with Crippen LogP contribution in [0.3, 0.4) is 0 Å². The van der Waals surface area contributed by atoms with Crippen molar-refractivity contribution in [2.24, 2.45) is 5.92 Å². The van der Waals surface area contributed by atoms with Crippen molar-refractivity contribution in [3.63, 3.8) is 0 Å². The van der Waals surface area contributed by atoms with E-state index in [1.54, 1.807) is 0 Å². The number of benzene rings is 1. The molecule has 0 aliphatic heterocycles. The molecule has 1 atom stereocenters. The smallest absolute Gasteiger partial charge is 0.394 e. The lowest BCUT2D eigenvalue weighted by Crippen LogP contribution is -2.30. The van der Waals surface area contributed by atoms with E-state index < -0.39 is 30.2 Å². The number of aliphatic hydroxyl groups is 1. The van der Waals surface area contributed by atoms with Gasteiger partial charge in [0.15, 0.2) is 0 Å². The molecule has 19 heavy (non-hydrogen) atoms. The molecule has 6 heteroatoms. The Kier molecular flexibility index (Phi) is 5.31. The molecule has 1 aromatic carbocycles. The standard InChI is InChI=1S/C13H17F4NO/c1-8(2)6-18-12(7-19)10-4-3-9(14)5-11(10)13(15,16)17/h3-5,8,12,18-19H,6-7H2,1-2H3. The highest BCUT2D eigenvalue weighted by atomic mass is 19.4. The van der Waals surface area contributed by atoms with Crippen LogP contribution in [-0.4, -0.2) is 18.3 Å². The maximum atomic E-state index is 13.0. The van der Waals surface area contributed by atoms with Gasteiger partial charge in [0.1, 0.15) is 5.82 Å². The highest BCUT2D eigenvalue weighted by molar-refractivity contribution is 5.33. The van der Waals surface area contributed by atoms with Gasteiger partial charge in [0, 0.05) is 0 Å². The van der Waals surface area contributed by atoms with Gasteiger partial charge in [-0.05, 0) is 30.2 Å². The third-order valence-electron chi connectivity index (χ3n) is 2.65. The van der Waals surface area contributed by atoms with Gasteiger partial charge in [0.25, 0.3) is 0 Å². The van der Waals surface area contributed by atoms with E-state index in [1.807, 2.05) is 13.8 Å². The molecule has 0 amide bonds. The molecule has 0 spiro atoms. The fourth-order valence-corrected chi connectivity index (χ4v) is 1.73. The number of hydrogen-bond acceptors (Lipinski definition) is 2. The van der Waals surface area contributed by atoms with E-state index in [-0.39, 0.29) is 11.5 Å². The molecule has 0 aliphatic rings. The summed E-state index contributed by atoms with van der Waals surface area (Å²) in [5.41, 5.74) is -1.19. The zero-order valence-electron chi connectivity index (χ0n) is 10.8. The first-order chi connectivity index (χ1) is 8.75. The zero-order valence-corrected chi connectivity index (χ0v) is 10.8. The number of alkyl halides is 3. The topological polar surface area (TPSA) is 32.3 Å². The molecule has 0 saturated carbocycles. The van der Waals surface area contributed by atoms with Crippen LogP contribution >= 0.6 is 0 Å². The minimum atomic E-state index is -4.65. The molecule has 108 valence electrons. The van der Waals surface area contributed by atoms with Crippen LogP contribution in [0.15, 0.2) is 18.2 Å². The molecule has 0 aliphatic carbocycles. The molecule has 1 unspecified atom stereocenters. The summed E-state index contributed by atoms with van der Waals surface area (Å²) in [7, 11) is 0. The first-order valence-electron chi connectivity index (χ1n) is 5.96. The Labute approximate surface area is 109 Å². The molecule has 2 N–H and O–H groups in total. The molecular formula is C13H17F4NO. The van der Waals surface area contributed by atoms with Crippen molar-refractivity contribution in [2.45, 2.75) is 26.1 Å². The van der Waals surface area contributed by atoms with Gasteiger partial charge in [-0.1, -0.05) is 19.9 Å². The second kappa shape index (κ2) is 6.34. The Morgan fingerprint density at radius 3 is 2.37 bits per heavy atom. The second-order valence-electron chi connectivity index (χ2n) is 4.77. The summed E-state index contributed by atoms with van der Waals surface area (Å²) in [5.74, 6) is -0.722. The second-order valence-corrected chi connectivity index (χ2v) is 4.77. The Morgan fingerprint density at radius 2 is 1.89 bits per heavy atom. The van der Waals surface area contributed by atoms with Crippen molar-refractivity contribution in [3.05, 3.63) is 35.1 Å². The largest absolute Gasteiger partial charge is 0.416 e. The van der Waals surface area contributed by atoms with Crippen LogP contribution < -0.4 is 5.32 Å². The van der Waals surface area contributed by atoms with Crippen molar-refractivity contribution < 1.29 is 22.7 Å².